The normalized spacial score (nSPS) is 11.8. The number of rotatable bonds is 9. The molecule has 0 saturated carbocycles. The van der Waals surface area contributed by atoms with E-state index in [2.05, 4.69) is 32.3 Å². The number of para-hydroxylation sites is 1. The predicted molar refractivity (Wildman–Crippen MR) is 105 cm³/mol. The first-order chi connectivity index (χ1) is 13.6. The molecule has 0 radical (unpaired) electrons. The van der Waals surface area contributed by atoms with Crippen molar-refractivity contribution in [2.24, 2.45) is 0 Å². The second-order valence-corrected chi connectivity index (χ2v) is 7.29. The van der Waals surface area contributed by atoms with E-state index in [9.17, 15) is 9.18 Å². The summed E-state index contributed by atoms with van der Waals surface area (Å²) < 4.78 is 21.3. The zero-order valence-electron chi connectivity index (χ0n) is 14.9. The van der Waals surface area contributed by atoms with E-state index in [1.165, 1.54) is 34.7 Å². The molecular formula is C17H17FN6O2S2. The number of allylic oxidation sites excluding steroid dienone is 1. The van der Waals surface area contributed by atoms with Crippen molar-refractivity contribution in [3.8, 4) is 5.75 Å². The lowest BCUT2D eigenvalue weighted by atomic mass is 10.3. The molecule has 3 aromatic rings. The SMILES string of the molecule is C=CCn1c(SCC(=O)Nc2nncs2)nnc1C(C)Oc1ccccc1F. The zero-order valence-corrected chi connectivity index (χ0v) is 16.5. The molecule has 0 aliphatic carbocycles. The van der Waals surface area contributed by atoms with E-state index in [0.717, 1.165) is 0 Å². The lowest BCUT2D eigenvalue weighted by Crippen LogP contribution is -2.15. The lowest BCUT2D eigenvalue weighted by Gasteiger charge is -2.16. The van der Waals surface area contributed by atoms with E-state index >= 15 is 0 Å². The summed E-state index contributed by atoms with van der Waals surface area (Å²) >= 11 is 2.46. The van der Waals surface area contributed by atoms with Gasteiger partial charge in [-0.2, -0.15) is 0 Å². The largest absolute Gasteiger partial charge is 0.480 e. The van der Waals surface area contributed by atoms with Crippen LogP contribution in [0.4, 0.5) is 9.52 Å². The lowest BCUT2D eigenvalue weighted by molar-refractivity contribution is -0.113. The van der Waals surface area contributed by atoms with Gasteiger partial charge in [-0.3, -0.25) is 14.7 Å². The van der Waals surface area contributed by atoms with Gasteiger partial charge in [0.25, 0.3) is 0 Å². The van der Waals surface area contributed by atoms with Gasteiger partial charge in [-0.1, -0.05) is 41.3 Å². The van der Waals surface area contributed by atoms with E-state index < -0.39 is 11.9 Å². The third-order valence-electron chi connectivity index (χ3n) is 3.50. The fourth-order valence-corrected chi connectivity index (χ4v) is 3.52. The standard InChI is InChI=1S/C17H17FN6O2S2/c1-3-8-24-15(11(2)26-13-7-5-4-6-12(13)18)21-23-17(24)27-9-14(25)20-16-22-19-10-28-16/h3-7,10-11H,1,8-9H2,2H3,(H,20,22,25). The summed E-state index contributed by atoms with van der Waals surface area (Å²) in [4.78, 5) is 12.0. The number of anilines is 1. The first-order valence-electron chi connectivity index (χ1n) is 8.22. The van der Waals surface area contributed by atoms with Gasteiger partial charge < -0.3 is 4.74 Å². The van der Waals surface area contributed by atoms with Crippen molar-refractivity contribution in [1.82, 2.24) is 25.0 Å². The van der Waals surface area contributed by atoms with Crippen LogP contribution in [0.25, 0.3) is 0 Å². The van der Waals surface area contributed by atoms with E-state index in [4.69, 9.17) is 4.74 Å². The maximum absolute atomic E-state index is 13.8. The first kappa shape index (κ1) is 20.0. The number of carbonyl (C=O) groups is 1. The maximum Gasteiger partial charge on any atom is 0.236 e. The molecule has 1 aromatic carbocycles. The average molecular weight is 420 g/mol. The van der Waals surface area contributed by atoms with Crippen LogP contribution in [0.3, 0.4) is 0 Å². The van der Waals surface area contributed by atoms with Gasteiger partial charge in [-0.05, 0) is 19.1 Å². The van der Waals surface area contributed by atoms with E-state index in [-0.39, 0.29) is 17.4 Å². The zero-order chi connectivity index (χ0) is 19.9. The van der Waals surface area contributed by atoms with Crippen molar-refractivity contribution in [3.05, 3.63) is 54.1 Å². The number of hydrogen-bond acceptors (Lipinski definition) is 8. The van der Waals surface area contributed by atoms with Gasteiger partial charge in [0.15, 0.2) is 28.7 Å². The molecule has 28 heavy (non-hydrogen) atoms. The molecule has 0 aliphatic heterocycles. The minimum Gasteiger partial charge on any atom is -0.480 e. The second kappa shape index (κ2) is 9.42. The molecule has 11 heteroatoms. The smallest absolute Gasteiger partial charge is 0.236 e. The molecule has 3 rings (SSSR count). The van der Waals surface area contributed by atoms with E-state index in [0.29, 0.717) is 22.7 Å². The highest BCUT2D eigenvalue weighted by molar-refractivity contribution is 7.99. The van der Waals surface area contributed by atoms with Crippen LogP contribution in [0.5, 0.6) is 5.75 Å². The van der Waals surface area contributed by atoms with Gasteiger partial charge in [0.05, 0.1) is 5.75 Å². The predicted octanol–water partition coefficient (Wildman–Crippen LogP) is 3.33. The van der Waals surface area contributed by atoms with Crippen molar-refractivity contribution in [2.75, 3.05) is 11.1 Å². The molecule has 0 aliphatic rings. The Morgan fingerprint density at radius 1 is 1.43 bits per heavy atom. The summed E-state index contributed by atoms with van der Waals surface area (Å²) in [6, 6.07) is 6.16. The minimum atomic E-state index is -0.547. The fourth-order valence-electron chi connectivity index (χ4n) is 2.30. The Bertz CT molecular complexity index is 947. The highest BCUT2D eigenvalue weighted by Crippen LogP contribution is 2.26. The Labute approximate surface area is 168 Å². The molecule has 1 N–H and O–H groups in total. The fraction of sp³-hybridized carbons (Fsp3) is 0.235. The number of halogens is 1. The molecule has 2 aromatic heterocycles. The molecule has 0 spiro atoms. The summed E-state index contributed by atoms with van der Waals surface area (Å²) in [7, 11) is 0. The number of carbonyl (C=O) groups excluding carboxylic acids is 1. The monoisotopic (exact) mass is 420 g/mol. The van der Waals surface area contributed by atoms with Gasteiger partial charge >= 0.3 is 0 Å². The molecule has 146 valence electrons. The Hall–Kier alpha value is -2.79. The summed E-state index contributed by atoms with van der Waals surface area (Å²) in [6.07, 6.45) is 1.14. The molecule has 2 heterocycles. The van der Waals surface area contributed by atoms with Gasteiger partial charge in [0.1, 0.15) is 5.51 Å². The number of ether oxygens (including phenoxy) is 1. The first-order valence-corrected chi connectivity index (χ1v) is 10.1. The quantitative estimate of drug-likeness (QED) is 0.419. The van der Waals surface area contributed by atoms with Gasteiger partial charge in [0.2, 0.25) is 11.0 Å². The second-order valence-electron chi connectivity index (χ2n) is 5.51. The molecule has 1 atom stereocenters. The number of aromatic nitrogens is 5. The van der Waals surface area contributed by atoms with Crippen molar-refractivity contribution in [1.29, 1.82) is 0 Å². The molecular weight excluding hydrogens is 403 g/mol. The van der Waals surface area contributed by atoms with Crippen molar-refractivity contribution < 1.29 is 13.9 Å². The Morgan fingerprint density at radius 3 is 2.96 bits per heavy atom. The average Bonchev–Trinajstić information content (AvgIpc) is 3.32. The van der Waals surface area contributed by atoms with Crippen LogP contribution in [0, 0.1) is 5.82 Å². The Morgan fingerprint density at radius 2 is 2.25 bits per heavy atom. The summed E-state index contributed by atoms with van der Waals surface area (Å²) in [5.74, 6) is 0.0837. The number of benzene rings is 1. The van der Waals surface area contributed by atoms with Gasteiger partial charge in [-0.15, -0.1) is 27.0 Å². The minimum absolute atomic E-state index is 0.122. The molecule has 0 bridgehead atoms. The van der Waals surface area contributed by atoms with Crippen LogP contribution < -0.4 is 10.1 Å². The van der Waals surface area contributed by atoms with Crippen molar-refractivity contribution >= 4 is 34.1 Å². The number of amides is 1. The topological polar surface area (TPSA) is 94.8 Å². The number of nitrogens with one attached hydrogen (secondary N) is 1. The Kier molecular flexibility index (Phi) is 6.71. The van der Waals surface area contributed by atoms with E-state index in [1.807, 2.05) is 0 Å². The summed E-state index contributed by atoms with van der Waals surface area (Å²) in [6.45, 7) is 5.92. The van der Waals surface area contributed by atoms with E-state index in [1.54, 1.807) is 35.8 Å². The number of hydrogen-bond donors (Lipinski definition) is 1. The number of nitrogens with zero attached hydrogens (tertiary/aromatic N) is 5. The third kappa shape index (κ3) is 4.93. The summed E-state index contributed by atoms with van der Waals surface area (Å²) in [5, 5.41) is 19.4. The molecule has 1 unspecified atom stereocenters. The van der Waals surface area contributed by atoms with Crippen molar-refractivity contribution in [2.45, 2.75) is 24.7 Å². The summed E-state index contributed by atoms with van der Waals surface area (Å²) in [5.41, 5.74) is 1.53. The van der Waals surface area contributed by atoms with Crippen LogP contribution >= 0.6 is 23.1 Å². The molecule has 0 fully saturated rings. The highest BCUT2D eigenvalue weighted by atomic mass is 32.2. The van der Waals surface area contributed by atoms with Crippen molar-refractivity contribution in [3.63, 3.8) is 0 Å². The number of thioether (sulfide) groups is 1. The molecule has 0 saturated heterocycles. The molecule has 8 nitrogen and oxygen atoms in total. The highest BCUT2D eigenvalue weighted by Gasteiger charge is 2.20. The van der Waals surface area contributed by atoms with Crippen LogP contribution in [-0.2, 0) is 11.3 Å². The van der Waals surface area contributed by atoms with Gasteiger partial charge in [-0.25, -0.2) is 4.39 Å². The molecule has 1 amide bonds. The van der Waals surface area contributed by atoms with Crippen LogP contribution in [0.15, 0.2) is 47.6 Å². The van der Waals surface area contributed by atoms with Gasteiger partial charge in [0, 0.05) is 6.54 Å². The van der Waals surface area contributed by atoms with Crippen LogP contribution in [0.1, 0.15) is 18.9 Å². The van der Waals surface area contributed by atoms with Crippen LogP contribution in [-0.4, -0.2) is 36.6 Å². The Balaban J connectivity index is 1.69. The van der Waals surface area contributed by atoms with Crippen LogP contribution in [0.2, 0.25) is 0 Å². The third-order valence-corrected chi connectivity index (χ3v) is 5.07. The maximum atomic E-state index is 13.8.